The number of nitrogens with one attached hydrogen (secondary N) is 1. The van der Waals surface area contributed by atoms with E-state index in [-0.39, 0.29) is 17.6 Å². The Morgan fingerprint density at radius 3 is 2.33 bits per heavy atom. The maximum absolute atomic E-state index is 11.8. The molecular weight excluding hydrogens is 250 g/mol. The first kappa shape index (κ1) is 13.7. The summed E-state index contributed by atoms with van der Waals surface area (Å²) in [7, 11) is 0. The summed E-state index contributed by atoms with van der Waals surface area (Å²) < 4.78 is 4.81. The lowest BCUT2D eigenvalue weighted by Gasteiger charge is -2.17. The van der Waals surface area contributed by atoms with Gasteiger partial charge in [-0.15, -0.1) is 11.8 Å². The monoisotopic (exact) mass is 271 g/mol. The first-order valence-corrected chi connectivity index (χ1v) is 7.89. The van der Waals surface area contributed by atoms with Gasteiger partial charge in [0.2, 0.25) is 5.91 Å². The number of carbonyl (C=O) groups excluding carboxylic acids is 2. The van der Waals surface area contributed by atoms with Gasteiger partial charge >= 0.3 is 5.97 Å². The van der Waals surface area contributed by atoms with E-state index in [2.05, 4.69) is 5.32 Å². The first-order chi connectivity index (χ1) is 8.70. The summed E-state index contributed by atoms with van der Waals surface area (Å²) in [5, 5.41) is 3.13. The Morgan fingerprint density at radius 1 is 1.22 bits per heavy atom. The molecule has 2 aliphatic rings. The standard InChI is InChI=1S/C13H21NO3S/c1-2-17-12(16)8-18-7-11(15)14-13(9-3-4-9)10-5-6-10/h9-10,13H,2-8H2,1H3,(H,14,15). The van der Waals surface area contributed by atoms with Crippen molar-refractivity contribution in [1.29, 1.82) is 0 Å². The minimum absolute atomic E-state index is 0.0631. The highest BCUT2D eigenvalue weighted by Crippen LogP contribution is 2.44. The maximum atomic E-state index is 11.8. The van der Waals surface area contributed by atoms with E-state index in [1.165, 1.54) is 37.4 Å². The lowest BCUT2D eigenvalue weighted by molar-refractivity contribution is -0.139. The molecule has 0 atom stereocenters. The number of thioether (sulfide) groups is 1. The highest BCUT2D eigenvalue weighted by atomic mass is 32.2. The maximum Gasteiger partial charge on any atom is 0.315 e. The van der Waals surface area contributed by atoms with Crippen LogP contribution >= 0.6 is 11.8 Å². The molecule has 0 aromatic heterocycles. The van der Waals surface area contributed by atoms with Crippen LogP contribution in [0.15, 0.2) is 0 Å². The van der Waals surface area contributed by atoms with Crippen LogP contribution in [-0.4, -0.2) is 36.0 Å². The Labute approximate surface area is 112 Å². The first-order valence-electron chi connectivity index (χ1n) is 6.73. The fourth-order valence-electron chi connectivity index (χ4n) is 2.19. The van der Waals surface area contributed by atoms with E-state index in [1.54, 1.807) is 6.92 Å². The summed E-state index contributed by atoms with van der Waals surface area (Å²) in [5.74, 6) is 1.88. The van der Waals surface area contributed by atoms with E-state index < -0.39 is 0 Å². The molecule has 0 heterocycles. The number of hydrogen-bond donors (Lipinski definition) is 1. The second-order valence-corrected chi connectivity index (χ2v) is 6.05. The van der Waals surface area contributed by atoms with Crippen LogP contribution in [0.2, 0.25) is 0 Å². The molecule has 2 fully saturated rings. The van der Waals surface area contributed by atoms with Gasteiger partial charge in [-0.2, -0.15) is 0 Å². The van der Waals surface area contributed by atoms with Gasteiger partial charge in [0.1, 0.15) is 0 Å². The van der Waals surface area contributed by atoms with Crippen LogP contribution in [0.5, 0.6) is 0 Å². The third-order valence-electron chi connectivity index (χ3n) is 3.35. The number of hydrogen-bond acceptors (Lipinski definition) is 4. The second-order valence-electron chi connectivity index (χ2n) is 5.07. The third kappa shape index (κ3) is 4.52. The van der Waals surface area contributed by atoms with Gasteiger partial charge in [0.25, 0.3) is 0 Å². The molecule has 2 saturated carbocycles. The predicted octanol–water partition coefficient (Wildman–Crippen LogP) is 1.59. The van der Waals surface area contributed by atoms with E-state index in [9.17, 15) is 9.59 Å². The van der Waals surface area contributed by atoms with Crippen LogP contribution in [0.1, 0.15) is 32.6 Å². The summed E-state index contributed by atoms with van der Waals surface area (Å²) in [6.45, 7) is 2.18. The zero-order chi connectivity index (χ0) is 13.0. The van der Waals surface area contributed by atoms with Crippen molar-refractivity contribution < 1.29 is 14.3 Å². The van der Waals surface area contributed by atoms with Crippen molar-refractivity contribution in [2.45, 2.75) is 38.6 Å². The third-order valence-corrected chi connectivity index (χ3v) is 4.25. The number of carbonyl (C=O) groups is 2. The van der Waals surface area contributed by atoms with E-state index in [0.717, 1.165) is 11.8 Å². The van der Waals surface area contributed by atoms with Crippen LogP contribution < -0.4 is 5.32 Å². The molecule has 0 aliphatic heterocycles. The molecule has 102 valence electrons. The number of esters is 1. The summed E-state index contributed by atoms with van der Waals surface area (Å²) in [4.78, 5) is 22.9. The number of ether oxygens (including phenoxy) is 1. The molecule has 0 saturated heterocycles. The smallest absolute Gasteiger partial charge is 0.315 e. The van der Waals surface area contributed by atoms with E-state index >= 15 is 0 Å². The minimum Gasteiger partial charge on any atom is -0.465 e. The molecule has 1 N–H and O–H groups in total. The Bertz CT molecular complexity index is 301. The molecule has 0 radical (unpaired) electrons. The average molecular weight is 271 g/mol. The van der Waals surface area contributed by atoms with Gasteiger partial charge < -0.3 is 10.1 Å². The minimum atomic E-state index is -0.240. The van der Waals surface area contributed by atoms with Gasteiger partial charge in [-0.25, -0.2) is 0 Å². The molecule has 2 rings (SSSR count). The lowest BCUT2D eigenvalue weighted by atomic mass is 10.1. The quantitative estimate of drug-likeness (QED) is 0.681. The van der Waals surface area contributed by atoms with Gasteiger partial charge in [-0.05, 0) is 44.4 Å². The van der Waals surface area contributed by atoms with Gasteiger partial charge in [-0.3, -0.25) is 9.59 Å². The predicted molar refractivity (Wildman–Crippen MR) is 71.3 cm³/mol. The molecule has 4 nitrogen and oxygen atoms in total. The van der Waals surface area contributed by atoms with Gasteiger partial charge in [0, 0.05) is 6.04 Å². The Kier molecular flexibility index (Phi) is 4.92. The van der Waals surface area contributed by atoms with Crippen molar-refractivity contribution >= 4 is 23.6 Å². The van der Waals surface area contributed by atoms with Gasteiger partial charge in [0.15, 0.2) is 0 Å². The van der Waals surface area contributed by atoms with Crippen molar-refractivity contribution in [1.82, 2.24) is 5.32 Å². The largest absolute Gasteiger partial charge is 0.465 e. The molecule has 0 aromatic rings. The Balaban J connectivity index is 1.60. The van der Waals surface area contributed by atoms with E-state index in [0.29, 0.717) is 18.4 Å². The van der Waals surface area contributed by atoms with Crippen molar-refractivity contribution in [3.05, 3.63) is 0 Å². The SMILES string of the molecule is CCOC(=O)CSCC(=O)NC(C1CC1)C1CC1. The molecular formula is C13H21NO3S. The number of rotatable bonds is 8. The number of amides is 1. The molecule has 1 amide bonds. The van der Waals surface area contributed by atoms with Gasteiger partial charge in [-0.1, -0.05) is 0 Å². The zero-order valence-electron chi connectivity index (χ0n) is 10.8. The normalized spacial score (nSPS) is 18.8. The summed E-state index contributed by atoms with van der Waals surface area (Å²) >= 11 is 1.33. The lowest BCUT2D eigenvalue weighted by Crippen LogP contribution is -2.39. The van der Waals surface area contributed by atoms with Crippen LogP contribution in [0.25, 0.3) is 0 Å². The van der Waals surface area contributed by atoms with E-state index in [1.807, 2.05) is 0 Å². The fourth-order valence-corrected chi connectivity index (χ4v) is 2.81. The topological polar surface area (TPSA) is 55.4 Å². The van der Waals surface area contributed by atoms with Crippen LogP contribution in [0.3, 0.4) is 0 Å². The molecule has 18 heavy (non-hydrogen) atoms. The van der Waals surface area contributed by atoms with Gasteiger partial charge in [0.05, 0.1) is 18.1 Å². The highest BCUT2D eigenvalue weighted by Gasteiger charge is 2.42. The van der Waals surface area contributed by atoms with Crippen LogP contribution in [0, 0.1) is 11.8 Å². The molecule has 5 heteroatoms. The molecule has 2 aliphatic carbocycles. The molecule has 0 aromatic carbocycles. The van der Waals surface area contributed by atoms with Crippen molar-refractivity contribution in [3.63, 3.8) is 0 Å². The van der Waals surface area contributed by atoms with Crippen molar-refractivity contribution in [2.24, 2.45) is 11.8 Å². The fraction of sp³-hybridized carbons (Fsp3) is 0.846. The summed E-state index contributed by atoms with van der Waals surface area (Å²) in [6, 6.07) is 0.403. The van der Waals surface area contributed by atoms with Crippen molar-refractivity contribution in [2.75, 3.05) is 18.1 Å². The van der Waals surface area contributed by atoms with E-state index in [4.69, 9.17) is 4.74 Å². The summed E-state index contributed by atoms with van der Waals surface area (Å²) in [5.41, 5.74) is 0. The molecule has 0 spiro atoms. The Hall–Kier alpha value is -0.710. The van der Waals surface area contributed by atoms with Crippen molar-refractivity contribution in [3.8, 4) is 0 Å². The van der Waals surface area contributed by atoms with Crippen LogP contribution in [0.4, 0.5) is 0 Å². The average Bonchev–Trinajstić information content (AvgIpc) is 3.17. The summed E-state index contributed by atoms with van der Waals surface area (Å²) in [6.07, 6.45) is 5.05. The molecule has 0 bridgehead atoms. The zero-order valence-corrected chi connectivity index (χ0v) is 11.6. The van der Waals surface area contributed by atoms with Crippen LogP contribution in [-0.2, 0) is 14.3 Å². The highest BCUT2D eigenvalue weighted by molar-refractivity contribution is 8.00. The Morgan fingerprint density at radius 2 is 1.83 bits per heavy atom. The second kappa shape index (κ2) is 6.45. The molecule has 0 unspecified atom stereocenters.